The van der Waals surface area contributed by atoms with Crippen molar-refractivity contribution in [2.24, 2.45) is 0 Å². The first-order valence-corrected chi connectivity index (χ1v) is 10.3. The van der Waals surface area contributed by atoms with E-state index >= 15 is 0 Å². The Morgan fingerprint density at radius 2 is 2.04 bits per heavy atom. The predicted octanol–water partition coefficient (Wildman–Crippen LogP) is 4.07. The van der Waals surface area contributed by atoms with Crippen LogP contribution in [0.15, 0.2) is 42.5 Å². The Hall–Kier alpha value is -1.98. The fourth-order valence-electron chi connectivity index (χ4n) is 3.22. The highest BCUT2D eigenvalue weighted by Crippen LogP contribution is 2.44. The van der Waals surface area contributed by atoms with Gasteiger partial charge in [-0.25, -0.2) is 0 Å². The molecule has 0 amide bonds. The maximum atomic E-state index is 11.5. The zero-order valence-electron chi connectivity index (χ0n) is 16.2. The Labute approximate surface area is 165 Å². The summed E-state index contributed by atoms with van der Waals surface area (Å²) in [5.41, 5.74) is 4.91. The van der Waals surface area contributed by atoms with Gasteiger partial charge in [-0.3, -0.25) is 4.79 Å². The smallest absolute Gasteiger partial charge is 0.305 e. The summed E-state index contributed by atoms with van der Waals surface area (Å²) in [7, 11) is 5.63. The van der Waals surface area contributed by atoms with E-state index in [-0.39, 0.29) is 11.2 Å². The van der Waals surface area contributed by atoms with Crippen molar-refractivity contribution in [2.75, 3.05) is 33.5 Å². The number of benzene rings is 2. The predicted molar refractivity (Wildman–Crippen MR) is 110 cm³/mol. The second-order valence-electron chi connectivity index (χ2n) is 6.99. The minimum Gasteiger partial charge on any atom is -0.489 e. The fraction of sp³-hybridized carbons (Fsp3) is 0.409. The summed E-state index contributed by atoms with van der Waals surface area (Å²) in [6, 6.07) is 14.8. The van der Waals surface area contributed by atoms with Crippen molar-refractivity contribution >= 4 is 17.7 Å². The lowest BCUT2D eigenvalue weighted by molar-refractivity contribution is -0.140. The maximum absolute atomic E-state index is 11.5. The Balaban J connectivity index is 1.91. The molecule has 0 saturated heterocycles. The minimum absolute atomic E-state index is 0.177. The van der Waals surface area contributed by atoms with E-state index in [9.17, 15) is 4.79 Å². The van der Waals surface area contributed by atoms with Gasteiger partial charge in [-0.1, -0.05) is 36.4 Å². The number of thioether (sulfide) groups is 1. The highest BCUT2D eigenvalue weighted by Gasteiger charge is 2.25. The van der Waals surface area contributed by atoms with E-state index in [1.54, 1.807) is 0 Å². The molecule has 1 aliphatic rings. The number of carbonyl (C=O) groups is 1. The summed E-state index contributed by atoms with van der Waals surface area (Å²) < 4.78 is 10.9. The molecule has 1 atom stereocenters. The van der Waals surface area contributed by atoms with Crippen LogP contribution in [0.4, 0.5) is 0 Å². The van der Waals surface area contributed by atoms with Crippen LogP contribution >= 0.6 is 11.8 Å². The van der Waals surface area contributed by atoms with Crippen LogP contribution in [0.5, 0.6) is 5.75 Å². The van der Waals surface area contributed by atoms with Gasteiger partial charge < -0.3 is 14.4 Å². The molecule has 0 bridgehead atoms. The van der Waals surface area contributed by atoms with Crippen molar-refractivity contribution in [1.29, 1.82) is 0 Å². The molecule has 0 N–H and O–H groups in total. The summed E-state index contributed by atoms with van der Waals surface area (Å²) in [4.78, 5) is 13.7. The van der Waals surface area contributed by atoms with Gasteiger partial charge in [-0.05, 0) is 43.3 Å². The molecule has 1 heterocycles. The third kappa shape index (κ3) is 5.05. The molecular formula is C22H27NO3S. The van der Waals surface area contributed by atoms with Crippen LogP contribution in [0.3, 0.4) is 0 Å². The molecule has 0 radical (unpaired) electrons. The van der Waals surface area contributed by atoms with Crippen LogP contribution in [0.25, 0.3) is 0 Å². The lowest BCUT2D eigenvalue weighted by atomic mass is 9.97. The van der Waals surface area contributed by atoms with Crippen LogP contribution in [0.1, 0.15) is 33.9 Å². The summed E-state index contributed by atoms with van der Waals surface area (Å²) in [5, 5.41) is 0.233. The molecule has 1 unspecified atom stereocenters. The normalized spacial score (nSPS) is 15.5. The third-order valence-corrected chi connectivity index (χ3v) is 6.01. The number of rotatable bonds is 7. The van der Waals surface area contributed by atoms with Gasteiger partial charge in [-0.2, -0.15) is 0 Å². The van der Waals surface area contributed by atoms with Gasteiger partial charge in [-0.15, -0.1) is 11.8 Å². The van der Waals surface area contributed by atoms with Crippen LogP contribution in [0, 0.1) is 0 Å². The van der Waals surface area contributed by atoms with Crippen LogP contribution in [-0.4, -0.2) is 44.4 Å². The van der Waals surface area contributed by atoms with Crippen molar-refractivity contribution < 1.29 is 14.3 Å². The number of ether oxygens (including phenoxy) is 2. The van der Waals surface area contributed by atoms with Crippen molar-refractivity contribution in [3.8, 4) is 5.75 Å². The molecule has 2 aromatic rings. The highest BCUT2D eigenvalue weighted by atomic mass is 32.2. The average molecular weight is 386 g/mol. The van der Waals surface area contributed by atoms with Gasteiger partial charge in [0, 0.05) is 24.3 Å². The summed E-state index contributed by atoms with van der Waals surface area (Å²) >= 11 is 1.95. The van der Waals surface area contributed by atoms with E-state index in [2.05, 4.69) is 55.4 Å². The van der Waals surface area contributed by atoms with Crippen LogP contribution in [-0.2, 0) is 22.6 Å². The fourth-order valence-corrected chi connectivity index (χ4v) is 4.69. The lowest BCUT2D eigenvalue weighted by Crippen LogP contribution is -2.15. The number of fused-ring (bicyclic) bond motifs is 2. The van der Waals surface area contributed by atoms with Gasteiger partial charge in [0.05, 0.1) is 12.4 Å². The van der Waals surface area contributed by atoms with Crippen molar-refractivity contribution in [1.82, 2.24) is 4.90 Å². The van der Waals surface area contributed by atoms with E-state index in [1.807, 2.05) is 17.8 Å². The molecule has 1 aliphatic heterocycles. The molecular weight excluding hydrogens is 358 g/mol. The number of hydrogen-bond acceptors (Lipinski definition) is 5. The minimum atomic E-state index is -0.177. The number of carbonyl (C=O) groups excluding carboxylic acids is 1. The Kier molecular flexibility index (Phi) is 6.80. The highest BCUT2D eigenvalue weighted by molar-refractivity contribution is 7.99. The van der Waals surface area contributed by atoms with Gasteiger partial charge in [0.1, 0.15) is 12.4 Å². The molecule has 3 rings (SSSR count). The Morgan fingerprint density at radius 1 is 1.22 bits per heavy atom. The van der Waals surface area contributed by atoms with Gasteiger partial charge in [0.2, 0.25) is 0 Å². The molecule has 0 aromatic heterocycles. The molecule has 0 saturated carbocycles. The average Bonchev–Trinajstić information content (AvgIpc) is 2.83. The quantitative estimate of drug-likeness (QED) is 0.672. The van der Waals surface area contributed by atoms with Crippen molar-refractivity contribution in [3.05, 3.63) is 64.7 Å². The van der Waals surface area contributed by atoms with E-state index in [4.69, 9.17) is 9.47 Å². The van der Waals surface area contributed by atoms with Gasteiger partial charge in [0.25, 0.3) is 0 Å². The summed E-state index contributed by atoms with van der Waals surface area (Å²) in [6.45, 7) is 1.62. The first kappa shape index (κ1) is 19.8. The first-order chi connectivity index (χ1) is 13.1. The third-order valence-electron chi connectivity index (χ3n) is 4.75. The van der Waals surface area contributed by atoms with Gasteiger partial charge >= 0.3 is 5.97 Å². The monoisotopic (exact) mass is 385 g/mol. The zero-order chi connectivity index (χ0) is 19.2. The molecule has 0 spiro atoms. The number of methoxy groups -OCH3 is 1. The molecule has 0 aliphatic carbocycles. The molecule has 27 heavy (non-hydrogen) atoms. The molecule has 4 nitrogen and oxygen atoms in total. The Bertz CT molecular complexity index is 791. The number of nitrogens with zero attached hydrogens (tertiary/aromatic N) is 1. The van der Waals surface area contributed by atoms with Crippen LogP contribution < -0.4 is 4.74 Å². The van der Waals surface area contributed by atoms with Crippen molar-refractivity contribution in [2.45, 2.75) is 24.7 Å². The van der Waals surface area contributed by atoms with E-state index < -0.39 is 0 Å². The standard InChI is InChI=1S/C22H27NO3S/c1-23(2)12-13-27-22-18-7-5-4-6-17(18)15-26-20-10-8-16(14-19(20)22)9-11-21(24)25-3/h4-8,10,14,22H,9,11-13,15H2,1-3H3. The SMILES string of the molecule is COC(=O)CCc1ccc2c(c1)C(SCCN(C)C)c1ccccc1CO2. The molecule has 144 valence electrons. The van der Waals surface area contributed by atoms with E-state index in [1.165, 1.54) is 23.8 Å². The summed E-state index contributed by atoms with van der Waals surface area (Å²) in [6.07, 6.45) is 1.07. The second kappa shape index (κ2) is 9.29. The maximum Gasteiger partial charge on any atom is 0.305 e. The second-order valence-corrected chi connectivity index (χ2v) is 8.20. The topological polar surface area (TPSA) is 38.8 Å². The van der Waals surface area contributed by atoms with Crippen molar-refractivity contribution in [3.63, 3.8) is 0 Å². The number of hydrogen-bond donors (Lipinski definition) is 0. The first-order valence-electron chi connectivity index (χ1n) is 9.25. The van der Waals surface area contributed by atoms with E-state index in [0.29, 0.717) is 19.4 Å². The Morgan fingerprint density at radius 3 is 2.81 bits per heavy atom. The van der Waals surface area contributed by atoms with Crippen LogP contribution in [0.2, 0.25) is 0 Å². The largest absolute Gasteiger partial charge is 0.489 e. The summed E-state index contributed by atoms with van der Waals surface area (Å²) in [5.74, 6) is 1.80. The number of aryl methyl sites for hydroxylation is 1. The molecule has 2 aromatic carbocycles. The lowest BCUT2D eigenvalue weighted by Gasteiger charge is -2.20. The molecule has 5 heteroatoms. The molecule has 0 fully saturated rings. The number of esters is 1. The van der Waals surface area contributed by atoms with E-state index in [0.717, 1.165) is 23.6 Å². The zero-order valence-corrected chi connectivity index (χ0v) is 17.1. The van der Waals surface area contributed by atoms with Gasteiger partial charge in [0.15, 0.2) is 0 Å².